The number of amides is 1. The molecule has 3 N–H and O–H groups in total. The molecule has 0 spiro atoms. The van der Waals surface area contributed by atoms with Crippen LogP contribution < -0.4 is 15.5 Å². The molecular weight excluding hydrogens is 420 g/mol. The molecule has 9 heteroatoms. The van der Waals surface area contributed by atoms with Crippen molar-refractivity contribution in [3.05, 3.63) is 59.9 Å². The third kappa shape index (κ3) is 4.23. The summed E-state index contributed by atoms with van der Waals surface area (Å²) >= 11 is 0. The molecule has 4 heterocycles. The monoisotopic (exact) mass is 448 g/mol. The minimum absolute atomic E-state index is 0.218. The smallest absolute Gasteiger partial charge is 0.275 e. The molecular formula is C24H28N6O3. The predicted octanol–water partition coefficient (Wildman–Crippen LogP) is 2.58. The molecule has 1 atom stereocenters. The topological polar surface area (TPSA) is 105 Å². The van der Waals surface area contributed by atoms with Crippen molar-refractivity contribution in [2.24, 2.45) is 13.0 Å². The molecule has 9 nitrogen and oxygen atoms in total. The number of fused-ring (bicyclic) bond motifs is 1. The van der Waals surface area contributed by atoms with Gasteiger partial charge in [0.05, 0.1) is 23.1 Å². The molecule has 2 aliphatic heterocycles. The van der Waals surface area contributed by atoms with E-state index in [0.717, 1.165) is 59.5 Å². The Morgan fingerprint density at radius 1 is 1.30 bits per heavy atom. The molecule has 2 aromatic heterocycles. The van der Waals surface area contributed by atoms with Crippen LogP contribution in [0.3, 0.4) is 0 Å². The number of aliphatic hydroxyl groups is 1. The van der Waals surface area contributed by atoms with Crippen LogP contribution in [-0.4, -0.2) is 45.5 Å². The van der Waals surface area contributed by atoms with E-state index in [4.69, 9.17) is 4.74 Å². The van der Waals surface area contributed by atoms with Gasteiger partial charge in [0.1, 0.15) is 12.0 Å². The molecule has 1 saturated heterocycles. The van der Waals surface area contributed by atoms with E-state index in [9.17, 15) is 9.90 Å². The highest BCUT2D eigenvalue weighted by atomic mass is 16.5. The summed E-state index contributed by atoms with van der Waals surface area (Å²) in [5, 5.41) is 21.0. The number of hydrogen-bond donors (Lipinski definition) is 3. The maximum Gasteiger partial charge on any atom is 0.275 e. The Hall–Kier alpha value is -3.59. The fourth-order valence-electron chi connectivity index (χ4n) is 4.45. The van der Waals surface area contributed by atoms with Crippen molar-refractivity contribution < 1.29 is 14.6 Å². The van der Waals surface area contributed by atoms with E-state index < -0.39 is 6.23 Å². The molecule has 3 aromatic rings. The first-order valence-electron chi connectivity index (χ1n) is 11.2. The lowest BCUT2D eigenvalue weighted by Gasteiger charge is -2.34. The van der Waals surface area contributed by atoms with Crippen molar-refractivity contribution in [2.45, 2.75) is 26.0 Å². The van der Waals surface area contributed by atoms with Gasteiger partial charge in [-0.3, -0.25) is 14.5 Å². The van der Waals surface area contributed by atoms with E-state index in [0.29, 0.717) is 11.6 Å². The number of nitrogens with one attached hydrogen (secondary N) is 2. The Morgan fingerprint density at radius 3 is 2.88 bits per heavy atom. The number of hydrogen-bond acceptors (Lipinski definition) is 7. The number of carbonyl (C=O) groups excluding carboxylic acids is 1. The van der Waals surface area contributed by atoms with Crippen molar-refractivity contribution in [1.82, 2.24) is 20.1 Å². The predicted molar refractivity (Wildman–Crippen MR) is 125 cm³/mol. The molecule has 5 rings (SSSR count). The lowest BCUT2D eigenvalue weighted by molar-refractivity contribution is -0.113. The van der Waals surface area contributed by atoms with Gasteiger partial charge >= 0.3 is 0 Å². The molecule has 1 aromatic carbocycles. The zero-order valence-electron chi connectivity index (χ0n) is 18.8. The summed E-state index contributed by atoms with van der Waals surface area (Å²) in [6.07, 6.45) is 6.39. The lowest BCUT2D eigenvalue weighted by Crippen LogP contribution is -2.35. The van der Waals surface area contributed by atoms with E-state index in [1.807, 2.05) is 36.9 Å². The number of carbonyl (C=O) groups is 1. The van der Waals surface area contributed by atoms with Crippen LogP contribution in [0.5, 0.6) is 0 Å². The number of aryl methyl sites for hydroxylation is 2. The van der Waals surface area contributed by atoms with Crippen LogP contribution >= 0.6 is 0 Å². The standard InChI is InChI=1S/C24H28N6O3/c1-15-9-17(3-6-25-15)24-28-20(14-33-24)23(32)27-19-10-18-12-26-29(2)21(18)11-22(19)30-7-4-16(13-31)5-8-30/h3,6,9-12,14,16,24,28,31H,4-5,7-8,13H2,1-2H3,(H,27,32). The summed E-state index contributed by atoms with van der Waals surface area (Å²) in [5.74, 6) is 0.0662. The zero-order valence-corrected chi connectivity index (χ0v) is 18.8. The summed E-state index contributed by atoms with van der Waals surface area (Å²) < 4.78 is 7.53. The van der Waals surface area contributed by atoms with Crippen LogP contribution in [0.15, 0.2) is 48.6 Å². The molecule has 172 valence electrons. The number of pyridine rings is 1. The van der Waals surface area contributed by atoms with E-state index in [1.165, 1.54) is 6.26 Å². The SMILES string of the molecule is Cc1cc(C2NC(C(=O)Nc3cc4cnn(C)c4cc3N3CCC(CO)CC3)=CO2)ccn1. The molecule has 0 bridgehead atoms. The van der Waals surface area contributed by atoms with E-state index in [-0.39, 0.29) is 12.5 Å². The first-order chi connectivity index (χ1) is 16.0. The summed E-state index contributed by atoms with van der Waals surface area (Å²) in [4.78, 5) is 19.6. The maximum absolute atomic E-state index is 13.1. The lowest BCUT2D eigenvalue weighted by atomic mass is 9.97. The number of nitrogens with zero attached hydrogens (tertiary/aromatic N) is 4. The van der Waals surface area contributed by atoms with Crippen molar-refractivity contribution >= 4 is 28.2 Å². The second-order valence-electron chi connectivity index (χ2n) is 8.69. The molecule has 0 saturated carbocycles. The van der Waals surface area contributed by atoms with Gasteiger partial charge in [0.25, 0.3) is 5.91 Å². The van der Waals surface area contributed by atoms with Gasteiger partial charge in [-0.2, -0.15) is 5.10 Å². The molecule has 2 aliphatic rings. The van der Waals surface area contributed by atoms with Gasteiger partial charge in [-0.25, -0.2) is 0 Å². The maximum atomic E-state index is 13.1. The fourth-order valence-corrected chi connectivity index (χ4v) is 4.45. The molecule has 0 aliphatic carbocycles. The number of aliphatic hydroxyl groups excluding tert-OH is 1. The number of benzene rings is 1. The quantitative estimate of drug-likeness (QED) is 0.551. The highest BCUT2D eigenvalue weighted by Crippen LogP contribution is 2.34. The number of aromatic nitrogens is 3. The zero-order chi connectivity index (χ0) is 22.9. The second kappa shape index (κ2) is 8.74. The summed E-state index contributed by atoms with van der Waals surface area (Å²) in [7, 11) is 1.91. The Morgan fingerprint density at radius 2 is 2.12 bits per heavy atom. The van der Waals surface area contributed by atoms with Crippen LogP contribution in [-0.2, 0) is 16.6 Å². The molecule has 1 amide bonds. The van der Waals surface area contributed by atoms with Crippen LogP contribution in [0, 0.1) is 12.8 Å². The third-order valence-electron chi connectivity index (χ3n) is 6.40. The van der Waals surface area contributed by atoms with E-state index in [1.54, 1.807) is 12.4 Å². The van der Waals surface area contributed by atoms with Gasteiger partial charge in [0.15, 0.2) is 6.23 Å². The Kier molecular flexibility index (Phi) is 5.63. The Balaban J connectivity index is 1.37. The number of anilines is 2. The van der Waals surface area contributed by atoms with E-state index in [2.05, 4.69) is 31.7 Å². The van der Waals surface area contributed by atoms with E-state index >= 15 is 0 Å². The van der Waals surface area contributed by atoms with Crippen LogP contribution in [0.2, 0.25) is 0 Å². The first kappa shape index (κ1) is 21.3. The first-order valence-corrected chi connectivity index (χ1v) is 11.2. The summed E-state index contributed by atoms with van der Waals surface area (Å²) in [6.45, 7) is 3.78. The van der Waals surface area contributed by atoms with Crippen molar-refractivity contribution in [2.75, 3.05) is 29.9 Å². The molecule has 0 radical (unpaired) electrons. The van der Waals surface area contributed by atoms with Crippen molar-refractivity contribution in [3.63, 3.8) is 0 Å². The molecule has 33 heavy (non-hydrogen) atoms. The average molecular weight is 449 g/mol. The van der Waals surface area contributed by atoms with Gasteiger partial charge in [0, 0.05) is 49.6 Å². The highest BCUT2D eigenvalue weighted by Gasteiger charge is 2.26. The number of ether oxygens (including phenoxy) is 1. The number of rotatable bonds is 5. The summed E-state index contributed by atoms with van der Waals surface area (Å²) in [6, 6.07) is 7.83. The molecule has 1 fully saturated rings. The molecule has 1 unspecified atom stereocenters. The van der Waals surface area contributed by atoms with Gasteiger partial charge < -0.3 is 25.4 Å². The Labute approximate surface area is 192 Å². The van der Waals surface area contributed by atoms with Crippen LogP contribution in [0.25, 0.3) is 10.9 Å². The summed E-state index contributed by atoms with van der Waals surface area (Å²) in [5.41, 5.74) is 4.85. The normalized spacial score (nSPS) is 18.7. The van der Waals surface area contributed by atoms with Crippen molar-refractivity contribution in [3.8, 4) is 0 Å². The van der Waals surface area contributed by atoms with Gasteiger partial charge in [-0.15, -0.1) is 0 Å². The third-order valence-corrected chi connectivity index (χ3v) is 6.40. The van der Waals surface area contributed by atoms with Gasteiger partial charge in [-0.05, 0) is 49.9 Å². The fraction of sp³-hybridized carbons (Fsp3) is 0.375. The van der Waals surface area contributed by atoms with Crippen molar-refractivity contribution in [1.29, 1.82) is 0 Å². The number of piperidine rings is 1. The van der Waals surface area contributed by atoms with Gasteiger partial charge in [-0.1, -0.05) is 0 Å². The highest BCUT2D eigenvalue weighted by molar-refractivity contribution is 6.07. The van der Waals surface area contributed by atoms with Crippen LogP contribution in [0.1, 0.15) is 30.3 Å². The minimum atomic E-state index is -0.426. The second-order valence-corrected chi connectivity index (χ2v) is 8.69. The average Bonchev–Trinajstić information content (AvgIpc) is 3.46. The van der Waals surface area contributed by atoms with Crippen LogP contribution in [0.4, 0.5) is 11.4 Å². The largest absolute Gasteiger partial charge is 0.472 e. The van der Waals surface area contributed by atoms with Gasteiger partial charge in [0.2, 0.25) is 0 Å². The minimum Gasteiger partial charge on any atom is -0.472 e. The Bertz CT molecular complexity index is 1210.